The minimum atomic E-state index is -1.10. The molecular weight excluding hydrogens is 550 g/mol. The van der Waals surface area contributed by atoms with Crippen LogP contribution in [0.4, 0.5) is 10.5 Å². The van der Waals surface area contributed by atoms with Gasteiger partial charge in [-0.15, -0.1) is 0 Å². The zero-order chi connectivity index (χ0) is 31.7. The second-order valence-corrected chi connectivity index (χ2v) is 11.3. The SMILES string of the molecule is CCCN(C(=O)C(Cc1ccc(O)cc1)NC(=O)OC(C)(C)C)C(C(=O)Nc1ccc(OC)cc1)c1ccc(O)c(C)c1. The third-order valence-corrected chi connectivity index (χ3v) is 6.57. The van der Waals surface area contributed by atoms with Crippen molar-refractivity contribution in [3.8, 4) is 17.2 Å². The molecule has 0 aliphatic carbocycles. The van der Waals surface area contributed by atoms with Gasteiger partial charge in [-0.25, -0.2) is 4.79 Å². The van der Waals surface area contributed by atoms with Crippen molar-refractivity contribution < 1.29 is 34.1 Å². The van der Waals surface area contributed by atoms with E-state index in [2.05, 4.69) is 10.6 Å². The summed E-state index contributed by atoms with van der Waals surface area (Å²) in [5.74, 6) is -0.226. The summed E-state index contributed by atoms with van der Waals surface area (Å²) < 4.78 is 10.7. The summed E-state index contributed by atoms with van der Waals surface area (Å²) in [5.41, 5.74) is 1.41. The van der Waals surface area contributed by atoms with Gasteiger partial charge in [0.2, 0.25) is 5.91 Å². The topological polar surface area (TPSA) is 137 Å². The maximum atomic E-state index is 14.4. The normalized spacial score (nSPS) is 12.5. The number of amides is 3. The Morgan fingerprint density at radius 2 is 1.60 bits per heavy atom. The second kappa shape index (κ2) is 14.4. The Hall–Kier alpha value is -4.73. The number of carbonyl (C=O) groups is 3. The zero-order valence-electron chi connectivity index (χ0n) is 25.5. The van der Waals surface area contributed by atoms with Crippen LogP contribution in [0.15, 0.2) is 66.7 Å². The fourth-order valence-electron chi connectivity index (χ4n) is 4.53. The van der Waals surface area contributed by atoms with Crippen LogP contribution in [0.3, 0.4) is 0 Å². The minimum absolute atomic E-state index is 0.0585. The molecule has 3 amide bonds. The first-order valence-electron chi connectivity index (χ1n) is 14.1. The van der Waals surface area contributed by atoms with E-state index < -0.39 is 35.6 Å². The van der Waals surface area contributed by atoms with Crippen LogP contribution < -0.4 is 15.4 Å². The minimum Gasteiger partial charge on any atom is -0.508 e. The van der Waals surface area contributed by atoms with E-state index in [0.29, 0.717) is 34.5 Å². The van der Waals surface area contributed by atoms with Gasteiger partial charge in [-0.3, -0.25) is 9.59 Å². The predicted octanol–water partition coefficient (Wildman–Crippen LogP) is 5.47. The van der Waals surface area contributed by atoms with Crippen molar-refractivity contribution in [2.24, 2.45) is 0 Å². The highest BCUT2D eigenvalue weighted by molar-refractivity contribution is 5.99. The number of hydrogen-bond donors (Lipinski definition) is 4. The van der Waals surface area contributed by atoms with Crippen molar-refractivity contribution in [1.82, 2.24) is 10.2 Å². The van der Waals surface area contributed by atoms with Crippen LogP contribution in [0.1, 0.15) is 56.8 Å². The summed E-state index contributed by atoms with van der Waals surface area (Å²) in [6.45, 7) is 8.96. The van der Waals surface area contributed by atoms with Gasteiger partial charge >= 0.3 is 6.09 Å². The summed E-state index contributed by atoms with van der Waals surface area (Å²) in [7, 11) is 1.55. The van der Waals surface area contributed by atoms with Gasteiger partial charge in [0, 0.05) is 18.7 Å². The monoisotopic (exact) mass is 591 g/mol. The molecule has 0 aliphatic rings. The highest BCUT2D eigenvalue weighted by Crippen LogP contribution is 2.29. The summed E-state index contributed by atoms with van der Waals surface area (Å²) in [5, 5.41) is 25.5. The number of alkyl carbamates (subject to hydrolysis) is 1. The number of rotatable bonds is 11. The fourth-order valence-corrected chi connectivity index (χ4v) is 4.53. The molecule has 2 unspecified atom stereocenters. The number of benzene rings is 3. The molecule has 10 heteroatoms. The van der Waals surface area contributed by atoms with Crippen LogP contribution in [-0.4, -0.2) is 58.3 Å². The number of nitrogens with zero attached hydrogens (tertiary/aromatic N) is 1. The Kier molecular flexibility index (Phi) is 11.0. The standard InChI is InChI=1S/C33H41N3O7/c1-7-18-36(31(40)27(35-32(41)43-33(3,4)5)20-22-8-13-25(37)14-9-22)29(23-10-17-28(38)21(2)19-23)30(39)34-24-11-15-26(42-6)16-12-24/h8-17,19,27,29,37-38H,7,18,20H2,1-6H3,(H,34,39)(H,35,41). The molecule has 0 spiro atoms. The summed E-state index contributed by atoms with van der Waals surface area (Å²) in [4.78, 5) is 42.7. The molecule has 3 rings (SSSR count). The molecule has 0 radical (unpaired) electrons. The number of ether oxygens (including phenoxy) is 2. The van der Waals surface area contributed by atoms with Crippen molar-refractivity contribution in [2.75, 3.05) is 19.0 Å². The molecule has 3 aromatic rings. The molecule has 10 nitrogen and oxygen atoms in total. The van der Waals surface area contributed by atoms with Crippen molar-refractivity contribution in [1.29, 1.82) is 0 Å². The highest BCUT2D eigenvalue weighted by Gasteiger charge is 2.36. The smallest absolute Gasteiger partial charge is 0.408 e. The Morgan fingerprint density at radius 3 is 2.16 bits per heavy atom. The summed E-state index contributed by atoms with van der Waals surface area (Å²) in [6.07, 6.45) is -0.172. The lowest BCUT2D eigenvalue weighted by Gasteiger charge is -2.34. The van der Waals surface area contributed by atoms with E-state index >= 15 is 0 Å². The van der Waals surface area contributed by atoms with Crippen molar-refractivity contribution in [3.05, 3.63) is 83.4 Å². The zero-order valence-corrected chi connectivity index (χ0v) is 25.5. The number of phenolic OH excluding ortho intramolecular Hbond substituents is 2. The van der Waals surface area contributed by atoms with Gasteiger partial charge < -0.3 is 35.2 Å². The molecule has 43 heavy (non-hydrogen) atoms. The average molecular weight is 592 g/mol. The van der Waals surface area contributed by atoms with Crippen LogP contribution in [0.25, 0.3) is 0 Å². The van der Waals surface area contributed by atoms with E-state index in [4.69, 9.17) is 9.47 Å². The number of aryl methyl sites for hydroxylation is 1. The van der Waals surface area contributed by atoms with E-state index in [1.807, 2.05) is 6.92 Å². The molecule has 0 fully saturated rings. The largest absolute Gasteiger partial charge is 0.508 e. The van der Waals surface area contributed by atoms with Gasteiger partial charge in [0.25, 0.3) is 5.91 Å². The molecular formula is C33H41N3O7. The third kappa shape index (κ3) is 9.39. The maximum absolute atomic E-state index is 14.4. The fraction of sp³-hybridized carbons (Fsp3) is 0.364. The van der Waals surface area contributed by atoms with Gasteiger partial charge in [-0.05, 0) is 99.3 Å². The van der Waals surface area contributed by atoms with Crippen molar-refractivity contribution in [2.45, 2.75) is 65.1 Å². The summed E-state index contributed by atoms with van der Waals surface area (Å²) in [6, 6.07) is 15.7. The molecule has 0 saturated carbocycles. The molecule has 0 aliphatic heterocycles. The quantitative estimate of drug-likeness (QED) is 0.232. The average Bonchev–Trinajstić information content (AvgIpc) is 2.94. The first-order valence-corrected chi connectivity index (χ1v) is 14.1. The van der Waals surface area contributed by atoms with Crippen LogP contribution in [-0.2, 0) is 20.7 Å². The number of aromatic hydroxyl groups is 2. The van der Waals surface area contributed by atoms with Gasteiger partial charge in [-0.2, -0.15) is 0 Å². The van der Waals surface area contributed by atoms with E-state index in [1.165, 1.54) is 23.1 Å². The lowest BCUT2D eigenvalue weighted by Crippen LogP contribution is -2.53. The van der Waals surface area contributed by atoms with Crippen molar-refractivity contribution >= 4 is 23.6 Å². The molecule has 0 saturated heterocycles. The Balaban J connectivity index is 2.05. The number of nitrogens with one attached hydrogen (secondary N) is 2. The van der Waals surface area contributed by atoms with Crippen LogP contribution in [0.5, 0.6) is 17.2 Å². The Bertz CT molecular complexity index is 1400. The number of phenols is 2. The van der Waals surface area contributed by atoms with Gasteiger partial charge in [0.15, 0.2) is 0 Å². The molecule has 3 aromatic carbocycles. The van der Waals surface area contributed by atoms with E-state index in [9.17, 15) is 24.6 Å². The third-order valence-electron chi connectivity index (χ3n) is 6.57. The lowest BCUT2D eigenvalue weighted by molar-refractivity contribution is -0.140. The Morgan fingerprint density at radius 1 is 0.953 bits per heavy atom. The van der Waals surface area contributed by atoms with Crippen LogP contribution in [0, 0.1) is 6.92 Å². The van der Waals surface area contributed by atoms with E-state index in [1.54, 1.807) is 83.3 Å². The first kappa shape index (κ1) is 32.8. The van der Waals surface area contributed by atoms with Crippen LogP contribution in [0.2, 0.25) is 0 Å². The lowest BCUT2D eigenvalue weighted by atomic mass is 9.98. The van der Waals surface area contributed by atoms with Crippen LogP contribution >= 0.6 is 0 Å². The number of anilines is 1. The summed E-state index contributed by atoms with van der Waals surface area (Å²) >= 11 is 0. The molecule has 0 heterocycles. The molecule has 230 valence electrons. The number of carbonyl (C=O) groups excluding carboxylic acids is 3. The number of methoxy groups -OCH3 is 1. The number of hydrogen-bond acceptors (Lipinski definition) is 7. The molecule has 2 atom stereocenters. The highest BCUT2D eigenvalue weighted by atomic mass is 16.6. The van der Waals surface area contributed by atoms with Gasteiger partial charge in [0.1, 0.15) is 34.9 Å². The van der Waals surface area contributed by atoms with Crippen molar-refractivity contribution in [3.63, 3.8) is 0 Å². The molecule has 0 aromatic heterocycles. The maximum Gasteiger partial charge on any atom is 0.408 e. The first-order chi connectivity index (χ1) is 20.3. The molecule has 4 N–H and O–H groups in total. The van der Waals surface area contributed by atoms with E-state index in [-0.39, 0.29) is 24.5 Å². The predicted molar refractivity (Wildman–Crippen MR) is 164 cm³/mol. The molecule has 0 bridgehead atoms. The van der Waals surface area contributed by atoms with Gasteiger partial charge in [-0.1, -0.05) is 25.1 Å². The van der Waals surface area contributed by atoms with Gasteiger partial charge in [0.05, 0.1) is 7.11 Å². The Labute approximate surface area is 252 Å². The second-order valence-electron chi connectivity index (χ2n) is 11.3. The van der Waals surface area contributed by atoms with E-state index in [0.717, 1.165) is 0 Å².